The molecule has 0 bridgehead atoms. The first kappa shape index (κ1) is 21.9. The van der Waals surface area contributed by atoms with Gasteiger partial charge in [-0.2, -0.15) is 0 Å². The molecule has 0 spiro atoms. The molecule has 1 aliphatic rings. The predicted molar refractivity (Wildman–Crippen MR) is 134 cm³/mol. The maximum atomic E-state index is 12.3. The van der Waals surface area contributed by atoms with Crippen LogP contribution < -0.4 is 5.32 Å². The average Bonchev–Trinajstić information content (AvgIpc) is 3.53. The van der Waals surface area contributed by atoms with E-state index in [1.807, 2.05) is 66.0 Å². The number of benzene rings is 3. The molecule has 1 aromatic heterocycles. The van der Waals surface area contributed by atoms with Gasteiger partial charge in [0.1, 0.15) is 17.2 Å². The quantitative estimate of drug-likeness (QED) is 0.282. The maximum Gasteiger partial charge on any atom is 0.412 e. The molecule has 0 aliphatic heterocycles. The minimum atomic E-state index is -0.476. The zero-order chi connectivity index (χ0) is 23.4. The van der Waals surface area contributed by atoms with Crippen LogP contribution >= 0.6 is 11.3 Å². The molecule has 1 N–H and O–H groups in total. The van der Waals surface area contributed by atoms with E-state index in [2.05, 4.69) is 29.6 Å². The Hall–Kier alpha value is -3.90. The zero-order valence-electron chi connectivity index (χ0n) is 18.4. The first-order valence-corrected chi connectivity index (χ1v) is 11.9. The lowest BCUT2D eigenvalue weighted by atomic mass is 9.99. The van der Waals surface area contributed by atoms with Crippen molar-refractivity contribution in [1.82, 2.24) is 0 Å². The largest absolute Gasteiger partial charge is 0.456 e. The fourth-order valence-electron chi connectivity index (χ4n) is 3.97. The summed E-state index contributed by atoms with van der Waals surface area (Å²) < 4.78 is 10.6. The van der Waals surface area contributed by atoms with Gasteiger partial charge in [-0.05, 0) is 52.1 Å². The molecule has 0 radical (unpaired) electrons. The molecule has 1 heterocycles. The number of hydrogen-bond donors (Lipinski definition) is 1. The van der Waals surface area contributed by atoms with Crippen LogP contribution in [-0.4, -0.2) is 12.6 Å². The topological polar surface area (TPSA) is 64.6 Å². The molecule has 5 nitrogen and oxygen atoms in total. The Balaban J connectivity index is 1.25. The van der Waals surface area contributed by atoms with Gasteiger partial charge in [-0.15, -0.1) is 11.3 Å². The molecule has 170 valence electrons. The molecular weight excluding hydrogens is 446 g/mol. The van der Waals surface area contributed by atoms with E-state index < -0.39 is 11.7 Å². The summed E-state index contributed by atoms with van der Waals surface area (Å²) in [5.41, 5.74) is 5.69. The van der Waals surface area contributed by atoms with Gasteiger partial charge in [-0.25, -0.2) is 4.79 Å². The molecule has 1 aliphatic carbocycles. The number of hydrogen-bond acceptors (Lipinski definition) is 5. The van der Waals surface area contributed by atoms with Crippen molar-refractivity contribution in [2.75, 3.05) is 5.32 Å². The van der Waals surface area contributed by atoms with Crippen molar-refractivity contribution in [3.05, 3.63) is 101 Å². The van der Waals surface area contributed by atoms with Crippen molar-refractivity contribution in [2.24, 2.45) is 0 Å². The molecule has 34 heavy (non-hydrogen) atoms. The second-order valence-electron chi connectivity index (χ2n) is 8.21. The summed E-state index contributed by atoms with van der Waals surface area (Å²) in [4.78, 5) is 23.1. The van der Waals surface area contributed by atoms with Crippen LogP contribution in [0.2, 0.25) is 0 Å². The van der Waals surface area contributed by atoms with Crippen LogP contribution in [0.1, 0.15) is 24.0 Å². The molecule has 6 heteroatoms. The van der Waals surface area contributed by atoms with Crippen molar-refractivity contribution >= 4 is 28.9 Å². The Morgan fingerprint density at radius 3 is 2.18 bits per heavy atom. The van der Waals surface area contributed by atoms with Crippen LogP contribution in [0.3, 0.4) is 0 Å². The molecule has 3 aromatic carbocycles. The number of ether oxygens (including phenoxy) is 2. The lowest BCUT2D eigenvalue weighted by Gasteiger charge is -2.14. The monoisotopic (exact) mass is 469 g/mol. The number of carbonyl (C=O) groups is 2. The van der Waals surface area contributed by atoms with Gasteiger partial charge in [0.25, 0.3) is 6.47 Å². The number of amides is 1. The molecular formula is C28H23NO4S. The summed E-state index contributed by atoms with van der Waals surface area (Å²) in [5, 5.41) is 5.56. The van der Waals surface area contributed by atoms with E-state index in [-0.39, 0.29) is 6.61 Å². The summed E-state index contributed by atoms with van der Waals surface area (Å²) in [6.45, 7) is 0.763. The molecule has 0 atom stereocenters. The Morgan fingerprint density at radius 2 is 1.53 bits per heavy atom. The van der Waals surface area contributed by atoms with Gasteiger partial charge in [0, 0.05) is 5.56 Å². The molecule has 0 unspecified atom stereocenters. The third-order valence-electron chi connectivity index (χ3n) is 6.01. The van der Waals surface area contributed by atoms with E-state index in [1.54, 1.807) is 0 Å². The van der Waals surface area contributed by atoms with Gasteiger partial charge in [-0.3, -0.25) is 10.1 Å². The summed E-state index contributed by atoms with van der Waals surface area (Å²) >= 11 is 1.46. The van der Waals surface area contributed by atoms with E-state index in [0.29, 0.717) is 6.47 Å². The summed E-state index contributed by atoms with van der Waals surface area (Å²) in [5.74, 6) is 0. The van der Waals surface area contributed by atoms with E-state index >= 15 is 0 Å². The second-order valence-corrected chi connectivity index (χ2v) is 9.13. The molecule has 1 amide bonds. The average molecular weight is 470 g/mol. The number of nitrogens with one attached hydrogen (secondary N) is 1. The zero-order valence-corrected chi connectivity index (χ0v) is 19.2. The third-order valence-corrected chi connectivity index (χ3v) is 6.84. The highest BCUT2D eigenvalue weighted by Crippen LogP contribution is 2.49. The Morgan fingerprint density at radius 1 is 0.882 bits per heavy atom. The van der Waals surface area contributed by atoms with Crippen LogP contribution in [0.5, 0.6) is 0 Å². The molecule has 0 saturated heterocycles. The minimum absolute atomic E-state index is 0.225. The van der Waals surface area contributed by atoms with Crippen molar-refractivity contribution in [3.63, 3.8) is 0 Å². The Labute approximate surface area is 202 Å². The second kappa shape index (κ2) is 9.53. The van der Waals surface area contributed by atoms with Gasteiger partial charge in [0.05, 0.1) is 0 Å². The van der Waals surface area contributed by atoms with Gasteiger partial charge in [0.2, 0.25) is 0 Å². The van der Waals surface area contributed by atoms with E-state index in [0.717, 1.165) is 51.2 Å². The van der Waals surface area contributed by atoms with Gasteiger partial charge < -0.3 is 9.47 Å². The minimum Gasteiger partial charge on any atom is -0.456 e. The third kappa shape index (κ3) is 4.72. The fraction of sp³-hybridized carbons (Fsp3) is 0.143. The highest BCUT2D eigenvalue weighted by atomic mass is 32.1. The fourth-order valence-corrected chi connectivity index (χ4v) is 4.77. The lowest BCUT2D eigenvalue weighted by molar-refractivity contribution is -0.136. The lowest BCUT2D eigenvalue weighted by Crippen LogP contribution is -2.13. The van der Waals surface area contributed by atoms with Crippen LogP contribution in [0.15, 0.2) is 90.3 Å². The SMILES string of the molecule is O=COC1(c2ccc(-c3ccc(-c4ccsc4NC(=O)OCc4ccccc4)cc3)cc2)CC1. The van der Waals surface area contributed by atoms with E-state index in [4.69, 9.17) is 9.47 Å². The molecule has 1 fully saturated rings. The smallest absolute Gasteiger partial charge is 0.412 e. The van der Waals surface area contributed by atoms with Crippen molar-refractivity contribution in [1.29, 1.82) is 0 Å². The van der Waals surface area contributed by atoms with E-state index in [1.165, 1.54) is 11.3 Å². The molecule has 4 aromatic rings. The van der Waals surface area contributed by atoms with Gasteiger partial charge >= 0.3 is 6.09 Å². The summed E-state index contributed by atoms with van der Waals surface area (Å²) in [6, 6.07) is 28.0. The van der Waals surface area contributed by atoms with Gasteiger partial charge in [0.15, 0.2) is 0 Å². The van der Waals surface area contributed by atoms with E-state index in [9.17, 15) is 9.59 Å². The molecule has 5 rings (SSSR count). The number of thiophene rings is 1. The van der Waals surface area contributed by atoms with Crippen LogP contribution in [0, 0.1) is 0 Å². The summed E-state index contributed by atoms with van der Waals surface area (Å²) in [6.07, 6.45) is 1.27. The van der Waals surface area contributed by atoms with Crippen LogP contribution in [0.25, 0.3) is 22.3 Å². The molecule has 1 saturated carbocycles. The number of carbonyl (C=O) groups excluding carboxylic acids is 2. The van der Waals surface area contributed by atoms with Crippen molar-refractivity contribution < 1.29 is 19.1 Å². The first-order valence-electron chi connectivity index (χ1n) is 11.0. The van der Waals surface area contributed by atoms with Crippen LogP contribution in [0.4, 0.5) is 9.80 Å². The highest BCUT2D eigenvalue weighted by molar-refractivity contribution is 7.15. The predicted octanol–water partition coefficient (Wildman–Crippen LogP) is 6.99. The normalized spacial score (nSPS) is 13.6. The summed E-state index contributed by atoms with van der Waals surface area (Å²) in [7, 11) is 0. The Kier molecular flexibility index (Phi) is 6.14. The standard InChI is InChI=1S/C28H23NO4S/c30-19-33-28(15-16-28)24-12-10-22(11-13-24)21-6-8-23(9-7-21)25-14-17-34-26(25)29-27(31)32-18-20-4-2-1-3-5-20/h1-14,17,19H,15-16,18H2,(H,29,31). The number of anilines is 1. The van der Waals surface area contributed by atoms with Crippen molar-refractivity contribution in [3.8, 4) is 22.3 Å². The maximum absolute atomic E-state index is 12.3. The van der Waals surface area contributed by atoms with Gasteiger partial charge in [-0.1, -0.05) is 78.9 Å². The highest BCUT2D eigenvalue weighted by Gasteiger charge is 2.46. The van der Waals surface area contributed by atoms with Crippen molar-refractivity contribution in [2.45, 2.75) is 25.0 Å². The first-order chi connectivity index (χ1) is 16.7. The van der Waals surface area contributed by atoms with Crippen LogP contribution in [-0.2, 0) is 26.5 Å². The number of rotatable bonds is 8. The Bertz CT molecular complexity index is 1280.